The predicted molar refractivity (Wildman–Crippen MR) is 77.3 cm³/mol. The zero-order valence-corrected chi connectivity index (χ0v) is 11.6. The van der Waals surface area contributed by atoms with Gasteiger partial charge in [0.1, 0.15) is 5.75 Å². The van der Waals surface area contributed by atoms with Gasteiger partial charge in [-0.05, 0) is 50.5 Å². The predicted octanol–water partition coefficient (Wildman–Crippen LogP) is 3.77. The molecule has 0 aliphatic heterocycles. The maximum Gasteiger partial charge on any atom is 0.163 e. The van der Waals surface area contributed by atoms with Crippen molar-refractivity contribution < 1.29 is 9.53 Å². The van der Waals surface area contributed by atoms with Crippen molar-refractivity contribution in [1.29, 1.82) is 0 Å². The SMILES string of the molecule is CCOc1ccc(N/C=C2/CCCC(C)C2=O)cc1. The summed E-state index contributed by atoms with van der Waals surface area (Å²) in [5.41, 5.74) is 1.88. The Bertz CT molecular complexity index is 462. The first-order valence-corrected chi connectivity index (χ1v) is 6.93. The van der Waals surface area contributed by atoms with Gasteiger partial charge >= 0.3 is 0 Å². The first kappa shape index (κ1) is 13.7. The molecule has 2 rings (SSSR count). The minimum absolute atomic E-state index is 0.169. The summed E-state index contributed by atoms with van der Waals surface area (Å²) in [6, 6.07) is 7.77. The molecule has 0 amide bonds. The molecule has 0 radical (unpaired) electrons. The molecule has 1 N–H and O–H groups in total. The highest BCUT2D eigenvalue weighted by Gasteiger charge is 2.22. The average Bonchev–Trinajstić information content (AvgIpc) is 2.42. The maximum atomic E-state index is 12.0. The molecule has 1 saturated carbocycles. The summed E-state index contributed by atoms with van der Waals surface area (Å²) in [4.78, 5) is 12.0. The van der Waals surface area contributed by atoms with Crippen LogP contribution in [0.5, 0.6) is 5.75 Å². The van der Waals surface area contributed by atoms with E-state index >= 15 is 0 Å². The van der Waals surface area contributed by atoms with E-state index in [0.29, 0.717) is 6.61 Å². The Morgan fingerprint density at radius 3 is 2.79 bits per heavy atom. The lowest BCUT2D eigenvalue weighted by atomic mass is 9.86. The molecule has 0 aromatic heterocycles. The fraction of sp³-hybridized carbons (Fsp3) is 0.438. The Balaban J connectivity index is 1.99. The second-order valence-corrected chi connectivity index (χ2v) is 4.93. The number of benzene rings is 1. The van der Waals surface area contributed by atoms with Gasteiger partial charge in [0, 0.05) is 23.4 Å². The van der Waals surface area contributed by atoms with Crippen molar-refractivity contribution in [3.8, 4) is 5.75 Å². The number of nitrogens with one attached hydrogen (secondary N) is 1. The average molecular weight is 259 g/mol. The Morgan fingerprint density at radius 2 is 2.11 bits per heavy atom. The Kier molecular flexibility index (Phi) is 4.61. The lowest BCUT2D eigenvalue weighted by Gasteiger charge is -2.19. The highest BCUT2D eigenvalue weighted by Crippen LogP contribution is 2.25. The molecule has 0 heterocycles. The molecule has 0 bridgehead atoms. The van der Waals surface area contributed by atoms with Crippen molar-refractivity contribution in [2.24, 2.45) is 5.92 Å². The lowest BCUT2D eigenvalue weighted by molar-refractivity contribution is -0.119. The van der Waals surface area contributed by atoms with Crippen LogP contribution in [0.1, 0.15) is 33.1 Å². The zero-order chi connectivity index (χ0) is 13.7. The molecular weight excluding hydrogens is 238 g/mol. The molecule has 0 spiro atoms. The van der Waals surface area contributed by atoms with Crippen molar-refractivity contribution in [3.05, 3.63) is 36.0 Å². The summed E-state index contributed by atoms with van der Waals surface area (Å²) in [6.07, 6.45) is 4.85. The number of carbonyl (C=O) groups excluding carboxylic acids is 1. The van der Waals surface area contributed by atoms with Crippen LogP contribution in [0.2, 0.25) is 0 Å². The summed E-state index contributed by atoms with van der Waals surface area (Å²) in [5, 5.41) is 3.20. The van der Waals surface area contributed by atoms with Gasteiger partial charge in [-0.2, -0.15) is 0 Å². The summed E-state index contributed by atoms with van der Waals surface area (Å²) < 4.78 is 5.39. The van der Waals surface area contributed by atoms with E-state index in [4.69, 9.17) is 4.74 Å². The van der Waals surface area contributed by atoms with Crippen LogP contribution in [0.3, 0.4) is 0 Å². The van der Waals surface area contributed by atoms with Gasteiger partial charge in [-0.25, -0.2) is 0 Å². The van der Waals surface area contributed by atoms with Gasteiger partial charge in [0.2, 0.25) is 0 Å². The second-order valence-electron chi connectivity index (χ2n) is 4.93. The molecule has 102 valence electrons. The second kappa shape index (κ2) is 6.41. The van der Waals surface area contributed by atoms with Gasteiger partial charge in [-0.15, -0.1) is 0 Å². The number of anilines is 1. The van der Waals surface area contributed by atoms with Crippen LogP contribution in [0.25, 0.3) is 0 Å². The number of carbonyl (C=O) groups is 1. The Labute approximate surface area is 114 Å². The first-order chi connectivity index (χ1) is 9.20. The largest absolute Gasteiger partial charge is 0.494 e. The number of allylic oxidation sites excluding steroid dienone is 1. The van der Waals surface area contributed by atoms with Crippen LogP contribution in [0.15, 0.2) is 36.0 Å². The molecule has 3 nitrogen and oxygen atoms in total. The van der Waals surface area contributed by atoms with E-state index in [1.807, 2.05) is 44.3 Å². The molecule has 3 heteroatoms. The van der Waals surface area contributed by atoms with Gasteiger partial charge in [0.05, 0.1) is 6.61 Å². The molecule has 0 saturated heterocycles. The number of hydrogen-bond acceptors (Lipinski definition) is 3. The van der Waals surface area contributed by atoms with Crippen molar-refractivity contribution in [3.63, 3.8) is 0 Å². The molecule has 1 unspecified atom stereocenters. The monoisotopic (exact) mass is 259 g/mol. The summed E-state index contributed by atoms with van der Waals surface area (Å²) in [6.45, 7) is 4.64. The molecule has 1 aliphatic rings. The fourth-order valence-corrected chi connectivity index (χ4v) is 2.30. The summed E-state index contributed by atoms with van der Waals surface area (Å²) in [5.74, 6) is 1.31. The van der Waals surface area contributed by atoms with E-state index in [9.17, 15) is 4.79 Å². The number of ether oxygens (including phenoxy) is 1. The Morgan fingerprint density at radius 1 is 1.37 bits per heavy atom. The van der Waals surface area contributed by atoms with E-state index < -0.39 is 0 Å². The molecule has 1 aromatic rings. The number of hydrogen-bond donors (Lipinski definition) is 1. The van der Waals surface area contributed by atoms with E-state index in [0.717, 1.165) is 36.3 Å². The number of ketones is 1. The highest BCUT2D eigenvalue weighted by atomic mass is 16.5. The van der Waals surface area contributed by atoms with Crippen molar-refractivity contribution in [2.75, 3.05) is 11.9 Å². The van der Waals surface area contributed by atoms with Gasteiger partial charge < -0.3 is 10.1 Å². The third-order valence-corrected chi connectivity index (χ3v) is 3.43. The van der Waals surface area contributed by atoms with Crippen LogP contribution in [-0.4, -0.2) is 12.4 Å². The molecule has 1 atom stereocenters. The molecule has 1 aliphatic carbocycles. The highest BCUT2D eigenvalue weighted by molar-refractivity contribution is 5.97. The van der Waals surface area contributed by atoms with Crippen molar-refractivity contribution in [2.45, 2.75) is 33.1 Å². The minimum Gasteiger partial charge on any atom is -0.494 e. The number of rotatable bonds is 4. The van der Waals surface area contributed by atoms with E-state index in [1.165, 1.54) is 0 Å². The summed E-state index contributed by atoms with van der Waals surface area (Å²) >= 11 is 0. The third kappa shape index (κ3) is 3.60. The lowest BCUT2D eigenvalue weighted by Crippen LogP contribution is -2.19. The van der Waals surface area contributed by atoms with Gasteiger partial charge in [-0.1, -0.05) is 6.92 Å². The van der Waals surface area contributed by atoms with Crippen LogP contribution in [0, 0.1) is 5.92 Å². The smallest absolute Gasteiger partial charge is 0.163 e. The van der Waals surface area contributed by atoms with Crippen LogP contribution >= 0.6 is 0 Å². The van der Waals surface area contributed by atoms with Crippen LogP contribution < -0.4 is 10.1 Å². The molecular formula is C16H21NO2. The molecule has 1 aromatic carbocycles. The normalized spacial score (nSPS) is 21.5. The molecule has 1 fully saturated rings. The topological polar surface area (TPSA) is 38.3 Å². The van der Waals surface area contributed by atoms with Crippen LogP contribution in [-0.2, 0) is 4.79 Å². The fourth-order valence-electron chi connectivity index (χ4n) is 2.30. The van der Waals surface area contributed by atoms with E-state index in [-0.39, 0.29) is 11.7 Å². The standard InChI is InChI=1S/C16H21NO2/c1-3-19-15-9-7-14(8-10-15)17-11-13-6-4-5-12(2)16(13)18/h7-12,17H,3-6H2,1-2H3/b13-11-. The zero-order valence-electron chi connectivity index (χ0n) is 11.6. The van der Waals surface area contributed by atoms with Gasteiger partial charge in [-0.3, -0.25) is 4.79 Å². The molecule has 19 heavy (non-hydrogen) atoms. The Hall–Kier alpha value is -1.77. The van der Waals surface area contributed by atoms with Crippen LogP contribution in [0.4, 0.5) is 5.69 Å². The number of Topliss-reactive ketones (excluding diaryl/α,β-unsaturated/α-hetero) is 1. The maximum absolute atomic E-state index is 12.0. The van der Waals surface area contributed by atoms with Gasteiger partial charge in [0.25, 0.3) is 0 Å². The first-order valence-electron chi connectivity index (χ1n) is 6.93. The van der Waals surface area contributed by atoms with Crippen molar-refractivity contribution >= 4 is 11.5 Å². The van der Waals surface area contributed by atoms with Gasteiger partial charge in [0.15, 0.2) is 5.78 Å². The quantitative estimate of drug-likeness (QED) is 0.836. The summed E-state index contributed by atoms with van der Waals surface area (Å²) in [7, 11) is 0. The third-order valence-electron chi connectivity index (χ3n) is 3.43. The van der Waals surface area contributed by atoms with E-state index in [1.54, 1.807) is 0 Å². The minimum atomic E-state index is 0.169. The van der Waals surface area contributed by atoms with Crippen molar-refractivity contribution in [1.82, 2.24) is 0 Å². The van der Waals surface area contributed by atoms with E-state index in [2.05, 4.69) is 5.32 Å².